The summed E-state index contributed by atoms with van der Waals surface area (Å²) in [4.78, 5) is 11.2. The van der Waals surface area contributed by atoms with Crippen molar-refractivity contribution in [2.75, 3.05) is 10.6 Å². The van der Waals surface area contributed by atoms with Gasteiger partial charge in [-0.25, -0.2) is 17.5 Å². The first-order valence-corrected chi connectivity index (χ1v) is 9.59. The van der Waals surface area contributed by atoms with E-state index in [0.717, 1.165) is 11.8 Å². The molecule has 3 rings (SSSR count). The fourth-order valence-corrected chi connectivity index (χ4v) is 3.94. The lowest BCUT2D eigenvalue weighted by atomic mass is 10.1. The Morgan fingerprint density at radius 2 is 1.80 bits per heavy atom. The number of rotatable bonds is 5. The van der Waals surface area contributed by atoms with Crippen molar-refractivity contribution in [3.63, 3.8) is 0 Å². The molecule has 0 radical (unpaired) electrons. The van der Waals surface area contributed by atoms with E-state index in [2.05, 4.69) is 0 Å². The van der Waals surface area contributed by atoms with E-state index in [-0.39, 0.29) is 5.56 Å². The van der Waals surface area contributed by atoms with Crippen LogP contribution in [0.1, 0.15) is 17.3 Å². The number of anilines is 2. The molecule has 0 fully saturated rings. The highest BCUT2D eigenvalue weighted by Crippen LogP contribution is 2.34. The standard InChI is InChI=1S/C18H18N2O4S/c1-3-19-16-10-9-13(18(21)22)11-14(16)12-17(19)20(25(2,23)24)15-7-5-4-6-8-15/h4-12H,3H2,1-2H3,(H,21,22). The molecule has 3 aromatic rings. The second kappa shape index (κ2) is 6.25. The summed E-state index contributed by atoms with van der Waals surface area (Å²) in [6.45, 7) is 2.46. The molecule has 0 aliphatic carbocycles. The molecule has 0 saturated carbocycles. The van der Waals surface area contributed by atoms with E-state index in [4.69, 9.17) is 0 Å². The average molecular weight is 358 g/mol. The zero-order valence-corrected chi connectivity index (χ0v) is 14.7. The van der Waals surface area contributed by atoms with Crippen LogP contribution >= 0.6 is 0 Å². The van der Waals surface area contributed by atoms with Gasteiger partial charge in [-0.1, -0.05) is 18.2 Å². The van der Waals surface area contributed by atoms with E-state index < -0.39 is 16.0 Å². The Kier molecular flexibility index (Phi) is 4.26. The Bertz CT molecular complexity index is 1040. The molecule has 25 heavy (non-hydrogen) atoms. The second-order valence-corrected chi connectivity index (χ2v) is 7.52. The zero-order chi connectivity index (χ0) is 18.2. The van der Waals surface area contributed by atoms with Gasteiger partial charge in [0.15, 0.2) is 0 Å². The second-order valence-electron chi connectivity index (χ2n) is 5.69. The third-order valence-corrected chi connectivity index (χ3v) is 5.03. The number of nitrogens with zero attached hydrogens (tertiary/aromatic N) is 2. The summed E-state index contributed by atoms with van der Waals surface area (Å²) in [5.41, 5.74) is 1.48. The molecule has 0 spiro atoms. The van der Waals surface area contributed by atoms with Gasteiger partial charge in [0.05, 0.1) is 17.5 Å². The quantitative estimate of drug-likeness (QED) is 0.757. The van der Waals surface area contributed by atoms with Gasteiger partial charge >= 0.3 is 5.97 Å². The molecular formula is C18H18N2O4S. The molecule has 1 heterocycles. The molecule has 1 aromatic heterocycles. The van der Waals surface area contributed by atoms with Crippen LogP contribution in [0.5, 0.6) is 0 Å². The summed E-state index contributed by atoms with van der Waals surface area (Å²) in [5, 5.41) is 9.86. The van der Waals surface area contributed by atoms with Crippen molar-refractivity contribution in [2.45, 2.75) is 13.5 Å². The maximum absolute atomic E-state index is 12.5. The van der Waals surface area contributed by atoms with Crippen LogP contribution in [-0.4, -0.2) is 30.3 Å². The first kappa shape index (κ1) is 17.0. The van der Waals surface area contributed by atoms with Crippen LogP contribution in [0.2, 0.25) is 0 Å². The molecular weight excluding hydrogens is 340 g/mol. The predicted molar refractivity (Wildman–Crippen MR) is 98.0 cm³/mol. The Hall–Kier alpha value is -2.80. The number of carbonyl (C=O) groups is 1. The highest BCUT2D eigenvalue weighted by molar-refractivity contribution is 7.92. The van der Waals surface area contributed by atoms with Crippen LogP contribution in [-0.2, 0) is 16.6 Å². The van der Waals surface area contributed by atoms with Crippen molar-refractivity contribution in [1.29, 1.82) is 0 Å². The molecule has 0 unspecified atom stereocenters. The van der Waals surface area contributed by atoms with Gasteiger partial charge in [-0.2, -0.15) is 0 Å². The van der Waals surface area contributed by atoms with E-state index in [1.165, 1.54) is 10.4 Å². The van der Waals surface area contributed by atoms with Gasteiger partial charge in [0.2, 0.25) is 10.0 Å². The number of aromatic carboxylic acids is 1. The number of hydrogen-bond donors (Lipinski definition) is 1. The maximum Gasteiger partial charge on any atom is 0.335 e. The molecule has 130 valence electrons. The summed E-state index contributed by atoms with van der Waals surface area (Å²) < 4.78 is 28.1. The lowest BCUT2D eigenvalue weighted by Crippen LogP contribution is -2.26. The Morgan fingerprint density at radius 1 is 1.12 bits per heavy atom. The van der Waals surface area contributed by atoms with Crippen molar-refractivity contribution in [3.05, 3.63) is 60.2 Å². The summed E-state index contributed by atoms with van der Waals surface area (Å²) in [7, 11) is -3.58. The van der Waals surface area contributed by atoms with E-state index in [1.807, 2.05) is 17.6 Å². The van der Waals surface area contributed by atoms with Gasteiger partial charge in [0.25, 0.3) is 0 Å². The predicted octanol–water partition coefficient (Wildman–Crippen LogP) is 3.46. The van der Waals surface area contributed by atoms with Gasteiger partial charge in [0, 0.05) is 17.4 Å². The van der Waals surface area contributed by atoms with Crippen LogP contribution in [0.4, 0.5) is 11.5 Å². The van der Waals surface area contributed by atoms with Crippen molar-refractivity contribution in [2.24, 2.45) is 0 Å². The third kappa shape index (κ3) is 3.10. The Balaban J connectivity index is 2.29. The third-order valence-electron chi connectivity index (χ3n) is 3.97. The molecule has 1 N–H and O–H groups in total. The largest absolute Gasteiger partial charge is 0.478 e. The van der Waals surface area contributed by atoms with Crippen molar-refractivity contribution < 1.29 is 18.3 Å². The zero-order valence-electron chi connectivity index (χ0n) is 13.9. The van der Waals surface area contributed by atoms with E-state index in [9.17, 15) is 18.3 Å². The number of para-hydroxylation sites is 1. The molecule has 0 bridgehead atoms. The first-order chi connectivity index (χ1) is 11.8. The minimum Gasteiger partial charge on any atom is -0.478 e. The molecule has 0 atom stereocenters. The molecule has 7 heteroatoms. The van der Waals surface area contributed by atoms with Gasteiger partial charge in [-0.15, -0.1) is 0 Å². The van der Waals surface area contributed by atoms with Gasteiger partial charge < -0.3 is 9.67 Å². The van der Waals surface area contributed by atoms with Crippen LogP contribution in [0.25, 0.3) is 10.9 Å². The number of hydrogen-bond acceptors (Lipinski definition) is 3. The summed E-state index contributed by atoms with van der Waals surface area (Å²) in [5.74, 6) is -0.538. The fraction of sp³-hybridized carbons (Fsp3) is 0.167. The minimum atomic E-state index is -3.58. The SMILES string of the molecule is CCn1c(N(c2ccccc2)S(C)(=O)=O)cc2cc(C(=O)O)ccc21. The van der Waals surface area contributed by atoms with Crippen molar-refractivity contribution in [1.82, 2.24) is 4.57 Å². The molecule has 0 aliphatic rings. The number of sulfonamides is 1. The molecule has 0 amide bonds. The number of benzene rings is 2. The molecule has 0 aliphatic heterocycles. The lowest BCUT2D eigenvalue weighted by molar-refractivity contribution is 0.0697. The lowest BCUT2D eigenvalue weighted by Gasteiger charge is -2.23. The van der Waals surface area contributed by atoms with E-state index in [0.29, 0.717) is 23.4 Å². The molecule has 0 saturated heterocycles. The highest BCUT2D eigenvalue weighted by Gasteiger charge is 2.24. The van der Waals surface area contributed by atoms with E-state index >= 15 is 0 Å². The summed E-state index contributed by atoms with van der Waals surface area (Å²) >= 11 is 0. The first-order valence-electron chi connectivity index (χ1n) is 7.75. The number of carboxylic acid groups (broad SMARTS) is 1. The number of carboxylic acids is 1. The van der Waals surface area contributed by atoms with Crippen LogP contribution < -0.4 is 4.31 Å². The topological polar surface area (TPSA) is 79.6 Å². The number of aromatic nitrogens is 1. The molecule has 2 aromatic carbocycles. The minimum absolute atomic E-state index is 0.165. The maximum atomic E-state index is 12.5. The number of aryl methyl sites for hydroxylation is 1. The van der Waals surface area contributed by atoms with Crippen LogP contribution in [0.3, 0.4) is 0 Å². The van der Waals surface area contributed by atoms with Gasteiger partial charge in [-0.05, 0) is 43.3 Å². The highest BCUT2D eigenvalue weighted by atomic mass is 32.2. The van der Waals surface area contributed by atoms with E-state index in [1.54, 1.807) is 42.5 Å². The summed E-state index contributed by atoms with van der Waals surface area (Å²) in [6.07, 6.45) is 1.15. The summed E-state index contributed by atoms with van der Waals surface area (Å²) in [6, 6.07) is 15.3. The normalized spacial score (nSPS) is 11.6. The Morgan fingerprint density at radius 3 is 2.36 bits per heavy atom. The van der Waals surface area contributed by atoms with Gasteiger partial charge in [-0.3, -0.25) is 0 Å². The van der Waals surface area contributed by atoms with Crippen LogP contribution in [0, 0.1) is 0 Å². The smallest absolute Gasteiger partial charge is 0.335 e. The van der Waals surface area contributed by atoms with Crippen LogP contribution in [0.15, 0.2) is 54.6 Å². The fourth-order valence-electron chi connectivity index (χ4n) is 2.95. The molecule has 6 nitrogen and oxygen atoms in total. The van der Waals surface area contributed by atoms with Crippen molar-refractivity contribution >= 4 is 38.4 Å². The van der Waals surface area contributed by atoms with Crippen molar-refractivity contribution in [3.8, 4) is 0 Å². The monoisotopic (exact) mass is 358 g/mol. The number of fused-ring (bicyclic) bond motifs is 1. The average Bonchev–Trinajstić information content (AvgIpc) is 2.91. The Labute approximate surface area is 146 Å². The van der Waals surface area contributed by atoms with Gasteiger partial charge in [0.1, 0.15) is 5.82 Å².